The Morgan fingerprint density at radius 1 is 1.10 bits per heavy atom. The molecule has 1 atom stereocenters. The van der Waals surface area contributed by atoms with Gasteiger partial charge in [-0.1, -0.05) is 37.9 Å². The number of halogens is 3. The van der Waals surface area contributed by atoms with Crippen LogP contribution in [0, 0.1) is 5.82 Å². The summed E-state index contributed by atoms with van der Waals surface area (Å²) in [6.45, 7) is 0. The first-order valence-corrected chi connectivity index (χ1v) is 7.67. The number of hydrogen-bond acceptors (Lipinski definition) is 2. The summed E-state index contributed by atoms with van der Waals surface area (Å²) >= 11 is 6.74. The average Bonchev–Trinajstić information content (AvgIpc) is 2.76. The molecule has 2 aromatic carbocycles. The Hall–Kier alpha value is -1.44. The van der Waals surface area contributed by atoms with Crippen LogP contribution in [-0.2, 0) is 0 Å². The zero-order valence-corrected chi connectivity index (χ0v) is 13.8. The largest absolute Gasteiger partial charge is 0.323 e. The minimum absolute atomic E-state index is 0.297. The van der Waals surface area contributed by atoms with Gasteiger partial charge in [0.2, 0.25) is 0 Å². The standard InChI is InChI=1S/C14H10Br2FN3O/c15-7-2-1-3-9(17)12(7)13(18)6-4-10-11(5-8(6)16)20-14(21)19-10/h1-5,13H,18H2,(H2,19,20,21). The first-order valence-electron chi connectivity index (χ1n) is 6.08. The highest BCUT2D eigenvalue weighted by molar-refractivity contribution is 9.10. The Morgan fingerprint density at radius 2 is 1.76 bits per heavy atom. The minimum atomic E-state index is -0.669. The van der Waals surface area contributed by atoms with Crippen molar-refractivity contribution in [3.63, 3.8) is 0 Å². The van der Waals surface area contributed by atoms with E-state index in [4.69, 9.17) is 5.73 Å². The second kappa shape index (κ2) is 5.40. The molecule has 7 heteroatoms. The van der Waals surface area contributed by atoms with Crippen LogP contribution in [-0.4, -0.2) is 9.97 Å². The van der Waals surface area contributed by atoms with E-state index in [0.717, 1.165) is 0 Å². The third kappa shape index (κ3) is 2.56. The van der Waals surface area contributed by atoms with Gasteiger partial charge in [-0.25, -0.2) is 9.18 Å². The van der Waals surface area contributed by atoms with Gasteiger partial charge in [0.1, 0.15) is 5.82 Å². The fraction of sp³-hybridized carbons (Fsp3) is 0.0714. The molecule has 0 spiro atoms. The van der Waals surface area contributed by atoms with Gasteiger partial charge < -0.3 is 15.7 Å². The molecule has 1 heterocycles. The zero-order valence-electron chi connectivity index (χ0n) is 10.6. The highest BCUT2D eigenvalue weighted by atomic mass is 79.9. The Labute approximate surface area is 135 Å². The smallest absolute Gasteiger partial charge is 0.320 e. The number of H-pyrrole nitrogens is 2. The monoisotopic (exact) mass is 413 g/mol. The first kappa shape index (κ1) is 14.5. The molecule has 0 bridgehead atoms. The highest BCUT2D eigenvalue weighted by Crippen LogP contribution is 2.34. The topological polar surface area (TPSA) is 74.7 Å². The lowest BCUT2D eigenvalue weighted by Crippen LogP contribution is -2.15. The SMILES string of the molecule is NC(c1cc2[nH]c(=O)[nH]c2cc1Br)c1c(F)cccc1Br. The minimum Gasteiger partial charge on any atom is -0.320 e. The summed E-state index contributed by atoms with van der Waals surface area (Å²) in [5, 5.41) is 0. The van der Waals surface area contributed by atoms with Gasteiger partial charge in [0, 0.05) is 14.5 Å². The predicted octanol–water partition coefficient (Wildman–Crippen LogP) is 3.57. The summed E-state index contributed by atoms with van der Waals surface area (Å²) in [6.07, 6.45) is 0. The van der Waals surface area contributed by atoms with E-state index in [-0.39, 0.29) is 11.5 Å². The van der Waals surface area contributed by atoms with Crippen molar-refractivity contribution >= 4 is 42.9 Å². The molecule has 0 fully saturated rings. The van der Waals surface area contributed by atoms with Crippen molar-refractivity contribution < 1.29 is 4.39 Å². The molecule has 1 aromatic heterocycles. The molecule has 3 aromatic rings. The van der Waals surface area contributed by atoms with Crippen LogP contribution in [0.5, 0.6) is 0 Å². The van der Waals surface area contributed by atoms with Crippen molar-refractivity contribution in [2.45, 2.75) is 6.04 Å². The van der Waals surface area contributed by atoms with E-state index in [1.807, 2.05) is 0 Å². The summed E-state index contributed by atoms with van der Waals surface area (Å²) in [4.78, 5) is 16.7. The van der Waals surface area contributed by atoms with Crippen LogP contribution in [0.3, 0.4) is 0 Å². The predicted molar refractivity (Wildman–Crippen MR) is 86.7 cm³/mol. The van der Waals surface area contributed by atoms with Crippen molar-refractivity contribution in [1.29, 1.82) is 0 Å². The van der Waals surface area contributed by atoms with Gasteiger partial charge in [0.25, 0.3) is 0 Å². The van der Waals surface area contributed by atoms with Gasteiger partial charge in [0.05, 0.1) is 17.1 Å². The Kier molecular flexibility index (Phi) is 3.73. The lowest BCUT2D eigenvalue weighted by molar-refractivity contribution is 0.597. The normalized spacial score (nSPS) is 12.8. The zero-order chi connectivity index (χ0) is 15.1. The van der Waals surface area contributed by atoms with Crippen molar-refractivity contribution in [3.05, 3.63) is 66.7 Å². The molecular weight excluding hydrogens is 405 g/mol. The van der Waals surface area contributed by atoms with E-state index < -0.39 is 6.04 Å². The molecule has 0 saturated carbocycles. The molecule has 4 N–H and O–H groups in total. The quantitative estimate of drug-likeness (QED) is 0.599. The average molecular weight is 415 g/mol. The molecule has 0 aliphatic carbocycles. The maximum Gasteiger partial charge on any atom is 0.323 e. The van der Waals surface area contributed by atoms with E-state index in [0.29, 0.717) is 31.1 Å². The van der Waals surface area contributed by atoms with Crippen LogP contribution in [0.4, 0.5) is 4.39 Å². The van der Waals surface area contributed by atoms with Crippen molar-refractivity contribution in [2.24, 2.45) is 5.73 Å². The summed E-state index contributed by atoms with van der Waals surface area (Å²) in [7, 11) is 0. The molecule has 0 amide bonds. The van der Waals surface area contributed by atoms with E-state index in [9.17, 15) is 9.18 Å². The molecule has 4 nitrogen and oxygen atoms in total. The molecule has 0 aliphatic heterocycles. The number of benzene rings is 2. The summed E-state index contributed by atoms with van der Waals surface area (Å²) in [5.41, 5.74) is 8.26. The van der Waals surface area contributed by atoms with Crippen LogP contribution in [0.1, 0.15) is 17.2 Å². The lowest BCUT2D eigenvalue weighted by Gasteiger charge is -2.17. The molecule has 3 rings (SSSR count). The van der Waals surface area contributed by atoms with E-state index in [2.05, 4.69) is 41.8 Å². The van der Waals surface area contributed by atoms with Gasteiger partial charge in [-0.3, -0.25) is 0 Å². The van der Waals surface area contributed by atoms with Crippen LogP contribution in [0.15, 0.2) is 44.1 Å². The number of imidazole rings is 1. The second-order valence-electron chi connectivity index (χ2n) is 4.61. The summed E-state index contributed by atoms with van der Waals surface area (Å²) < 4.78 is 15.4. The molecule has 1 unspecified atom stereocenters. The maximum atomic E-state index is 14.0. The third-order valence-electron chi connectivity index (χ3n) is 3.28. The number of aromatic nitrogens is 2. The van der Waals surface area contributed by atoms with E-state index in [1.165, 1.54) is 6.07 Å². The Bertz CT molecular complexity index is 867. The van der Waals surface area contributed by atoms with E-state index in [1.54, 1.807) is 24.3 Å². The van der Waals surface area contributed by atoms with Gasteiger partial charge in [0.15, 0.2) is 0 Å². The van der Waals surface area contributed by atoms with Crippen LogP contribution in [0.2, 0.25) is 0 Å². The second-order valence-corrected chi connectivity index (χ2v) is 6.32. The first-order chi connectivity index (χ1) is 9.97. The molecular formula is C14H10Br2FN3O. The molecule has 0 radical (unpaired) electrons. The van der Waals surface area contributed by atoms with Crippen LogP contribution >= 0.6 is 31.9 Å². The van der Waals surface area contributed by atoms with E-state index >= 15 is 0 Å². The fourth-order valence-corrected chi connectivity index (χ4v) is 3.45. The molecule has 108 valence electrons. The van der Waals surface area contributed by atoms with Crippen LogP contribution < -0.4 is 11.4 Å². The van der Waals surface area contributed by atoms with Gasteiger partial charge in [-0.2, -0.15) is 0 Å². The molecule has 0 saturated heterocycles. The van der Waals surface area contributed by atoms with Gasteiger partial charge in [-0.05, 0) is 29.8 Å². The number of fused-ring (bicyclic) bond motifs is 1. The number of hydrogen-bond donors (Lipinski definition) is 3. The number of rotatable bonds is 2. The van der Waals surface area contributed by atoms with Crippen molar-refractivity contribution in [2.75, 3.05) is 0 Å². The van der Waals surface area contributed by atoms with Gasteiger partial charge in [-0.15, -0.1) is 0 Å². The Balaban J connectivity index is 2.19. The van der Waals surface area contributed by atoms with Gasteiger partial charge >= 0.3 is 5.69 Å². The fourth-order valence-electron chi connectivity index (χ4n) is 2.27. The third-order valence-corrected chi connectivity index (χ3v) is 4.66. The maximum absolute atomic E-state index is 14.0. The summed E-state index contributed by atoms with van der Waals surface area (Å²) in [6, 6.07) is 7.53. The number of nitrogens with one attached hydrogen (secondary N) is 2. The Morgan fingerprint density at radius 3 is 2.43 bits per heavy atom. The highest BCUT2D eigenvalue weighted by Gasteiger charge is 2.20. The van der Waals surface area contributed by atoms with Crippen LogP contribution in [0.25, 0.3) is 11.0 Å². The number of aromatic amines is 2. The van der Waals surface area contributed by atoms with Crippen molar-refractivity contribution in [1.82, 2.24) is 9.97 Å². The summed E-state index contributed by atoms with van der Waals surface area (Å²) in [5.74, 6) is -0.383. The lowest BCUT2D eigenvalue weighted by atomic mass is 9.98. The van der Waals surface area contributed by atoms with Crippen molar-refractivity contribution in [3.8, 4) is 0 Å². The number of nitrogens with two attached hydrogens (primary N) is 1. The molecule has 0 aliphatic rings. The molecule has 21 heavy (non-hydrogen) atoms.